The van der Waals surface area contributed by atoms with Crippen LogP contribution in [-0.4, -0.2) is 38.2 Å². The van der Waals surface area contributed by atoms with Crippen molar-refractivity contribution in [1.82, 2.24) is 10.6 Å². The summed E-state index contributed by atoms with van der Waals surface area (Å²) in [6.45, 7) is 4.32. The predicted molar refractivity (Wildman–Crippen MR) is 108 cm³/mol. The first-order valence-corrected chi connectivity index (χ1v) is 8.19. The highest BCUT2D eigenvalue weighted by Crippen LogP contribution is 2.16. The highest BCUT2D eigenvalue weighted by molar-refractivity contribution is 14.0. The summed E-state index contributed by atoms with van der Waals surface area (Å²) in [7, 11) is 1.75. The zero-order valence-corrected chi connectivity index (χ0v) is 16.6. The molecule has 1 heterocycles. The third-order valence-electron chi connectivity index (χ3n) is 3.64. The number of guanidine groups is 1. The Hall–Kier alpha value is -1.35. The Morgan fingerprint density at radius 1 is 1.38 bits per heavy atom. The molecule has 24 heavy (non-hydrogen) atoms. The van der Waals surface area contributed by atoms with Gasteiger partial charge in [-0.05, 0) is 37.0 Å². The second kappa shape index (κ2) is 11.2. The molecule has 7 heteroatoms. The lowest BCUT2D eigenvalue weighted by Crippen LogP contribution is -2.37. The molecule has 134 valence electrons. The van der Waals surface area contributed by atoms with Crippen molar-refractivity contribution in [3.8, 4) is 0 Å². The maximum Gasteiger partial charge on any atom is 0.253 e. The van der Waals surface area contributed by atoms with Crippen LogP contribution >= 0.6 is 24.0 Å². The molecule has 1 atom stereocenters. The molecule has 0 saturated carbocycles. The highest BCUT2D eigenvalue weighted by atomic mass is 127. The Morgan fingerprint density at radius 2 is 2.21 bits per heavy atom. The van der Waals surface area contributed by atoms with E-state index >= 15 is 0 Å². The average Bonchev–Trinajstić information content (AvgIpc) is 3.10. The maximum atomic E-state index is 12.1. The molecular weight excluding hydrogens is 419 g/mol. The third kappa shape index (κ3) is 6.64. The van der Waals surface area contributed by atoms with Crippen molar-refractivity contribution in [3.63, 3.8) is 0 Å². The van der Waals surface area contributed by atoms with E-state index < -0.39 is 0 Å². The van der Waals surface area contributed by atoms with E-state index in [0.717, 1.165) is 43.0 Å². The number of ether oxygens (including phenoxy) is 1. The average molecular weight is 446 g/mol. The molecule has 1 unspecified atom stereocenters. The van der Waals surface area contributed by atoms with Gasteiger partial charge in [-0.2, -0.15) is 0 Å². The Morgan fingerprint density at radius 3 is 2.88 bits per heavy atom. The van der Waals surface area contributed by atoms with Gasteiger partial charge in [-0.3, -0.25) is 9.79 Å². The molecule has 2 rings (SSSR count). The molecule has 0 aromatic heterocycles. The number of carbonyl (C=O) groups excluding carboxylic acids is 1. The smallest absolute Gasteiger partial charge is 0.253 e. The molecule has 0 aliphatic carbocycles. The van der Waals surface area contributed by atoms with Gasteiger partial charge in [-0.15, -0.1) is 24.0 Å². The summed E-state index contributed by atoms with van der Waals surface area (Å²) in [4.78, 5) is 16.2. The molecule has 0 bridgehead atoms. The quantitative estimate of drug-likeness (QED) is 0.357. The normalized spacial score (nSPS) is 17.1. The van der Waals surface area contributed by atoms with E-state index in [1.807, 2.05) is 24.3 Å². The van der Waals surface area contributed by atoms with Gasteiger partial charge in [0.05, 0.1) is 0 Å². The lowest BCUT2D eigenvalue weighted by atomic mass is 10.2. The van der Waals surface area contributed by atoms with E-state index in [1.54, 1.807) is 7.05 Å². The van der Waals surface area contributed by atoms with Gasteiger partial charge in [-0.25, -0.2) is 0 Å². The molecule has 1 aliphatic rings. The number of anilines is 1. The minimum atomic E-state index is -0.311. The van der Waals surface area contributed by atoms with Gasteiger partial charge in [0.2, 0.25) is 0 Å². The van der Waals surface area contributed by atoms with Crippen LogP contribution in [-0.2, 0) is 16.1 Å². The van der Waals surface area contributed by atoms with Crippen LogP contribution in [0, 0.1) is 0 Å². The number of aliphatic imine (C=N–C) groups is 1. The molecule has 1 aromatic carbocycles. The molecule has 1 aliphatic heterocycles. The number of rotatable bonds is 6. The molecule has 1 amide bonds. The van der Waals surface area contributed by atoms with Crippen LogP contribution in [0.5, 0.6) is 0 Å². The van der Waals surface area contributed by atoms with E-state index in [2.05, 4.69) is 27.9 Å². The summed E-state index contributed by atoms with van der Waals surface area (Å²) >= 11 is 0. The van der Waals surface area contributed by atoms with Crippen molar-refractivity contribution in [3.05, 3.63) is 29.8 Å². The largest absolute Gasteiger partial charge is 0.368 e. The van der Waals surface area contributed by atoms with E-state index in [-0.39, 0.29) is 36.0 Å². The first-order valence-electron chi connectivity index (χ1n) is 8.19. The van der Waals surface area contributed by atoms with Gasteiger partial charge >= 0.3 is 0 Å². The molecule has 1 fully saturated rings. The number of carbonyl (C=O) groups is 1. The zero-order chi connectivity index (χ0) is 16.5. The van der Waals surface area contributed by atoms with Crippen LogP contribution in [0.3, 0.4) is 0 Å². The summed E-state index contributed by atoms with van der Waals surface area (Å²) in [5, 5.41) is 9.41. The van der Waals surface area contributed by atoms with E-state index in [1.165, 1.54) is 0 Å². The molecule has 3 N–H and O–H groups in total. The molecular formula is C17H27IN4O2. The molecule has 0 spiro atoms. The van der Waals surface area contributed by atoms with Crippen molar-refractivity contribution in [2.24, 2.45) is 4.99 Å². The van der Waals surface area contributed by atoms with Crippen LogP contribution in [0.25, 0.3) is 0 Å². The molecule has 1 saturated heterocycles. The van der Waals surface area contributed by atoms with Gasteiger partial charge in [0.15, 0.2) is 5.96 Å². The minimum absolute atomic E-state index is 0. The van der Waals surface area contributed by atoms with Crippen molar-refractivity contribution in [2.75, 3.05) is 25.5 Å². The summed E-state index contributed by atoms with van der Waals surface area (Å²) in [6.07, 6.45) is 2.48. The van der Waals surface area contributed by atoms with Crippen LogP contribution in [0.1, 0.15) is 31.7 Å². The fourth-order valence-electron chi connectivity index (χ4n) is 2.42. The number of nitrogens with zero attached hydrogens (tertiary/aromatic N) is 1. The second-order valence-corrected chi connectivity index (χ2v) is 5.54. The fourth-order valence-corrected chi connectivity index (χ4v) is 2.42. The standard InChI is InChI=1S/C17H26N4O2.HI/c1-3-9-19-17(18-2)20-12-13-6-4-7-14(11-13)21-16(22)15-8-5-10-23-15;/h4,6-7,11,15H,3,5,8-10,12H2,1-2H3,(H,21,22)(H2,18,19,20);1H. The number of hydrogen-bond donors (Lipinski definition) is 3. The Labute approximate surface area is 160 Å². The van der Waals surface area contributed by atoms with Gasteiger partial charge in [0.1, 0.15) is 6.10 Å². The number of amides is 1. The van der Waals surface area contributed by atoms with Crippen LogP contribution in [0.4, 0.5) is 5.69 Å². The summed E-state index contributed by atoms with van der Waals surface area (Å²) in [5.74, 6) is 0.716. The fraction of sp³-hybridized carbons (Fsp3) is 0.529. The van der Waals surface area contributed by atoms with Crippen LogP contribution in [0.15, 0.2) is 29.3 Å². The first kappa shape index (κ1) is 20.7. The van der Waals surface area contributed by atoms with Crippen molar-refractivity contribution < 1.29 is 9.53 Å². The number of nitrogens with one attached hydrogen (secondary N) is 3. The Bertz CT molecular complexity index is 545. The number of hydrogen-bond acceptors (Lipinski definition) is 3. The lowest BCUT2D eigenvalue weighted by Gasteiger charge is -2.13. The number of halogens is 1. The zero-order valence-electron chi connectivity index (χ0n) is 14.3. The topological polar surface area (TPSA) is 74.8 Å². The van der Waals surface area contributed by atoms with Crippen molar-refractivity contribution >= 4 is 41.5 Å². The maximum absolute atomic E-state index is 12.1. The highest BCUT2D eigenvalue weighted by Gasteiger charge is 2.23. The summed E-state index contributed by atoms with van der Waals surface area (Å²) < 4.78 is 5.40. The Balaban J connectivity index is 0.00000288. The Kier molecular flexibility index (Phi) is 9.70. The van der Waals surface area contributed by atoms with E-state index in [4.69, 9.17) is 4.74 Å². The predicted octanol–water partition coefficient (Wildman–Crippen LogP) is 2.50. The van der Waals surface area contributed by atoms with Crippen molar-refractivity contribution in [2.45, 2.75) is 38.8 Å². The van der Waals surface area contributed by atoms with Gasteiger partial charge < -0.3 is 20.7 Å². The van der Waals surface area contributed by atoms with Gasteiger partial charge in [0, 0.05) is 32.4 Å². The van der Waals surface area contributed by atoms with Crippen LogP contribution in [0.2, 0.25) is 0 Å². The summed E-state index contributed by atoms with van der Waals surface area (Å²) in [6, 6.07) is 7.81. The first-order chi connectivity index (χ1) is 11.2. The minimum Gasteiger partial charge on any atom is -0.368 e. The SMILES string of the molecule is CCCNC(=NC)NCc1cccc(NC(=O)C2CCCO2)c1.I. The molecule has 1 aromatic rings. The van der Waals surface area contributed by atoms with E-state index in [9.17, 15) is 4.79 Å². The third-order valence-corrected chi connectivity index (χ3v) is 3.64. The van der Waals surface area contributed by atoms with Crippen LogP contribution < -0.4 is 16.0 Å². The number of benzene rings is 1. The lowest BCUT2D eigenvalue weighted by molar-refractivity contribution is -0.124. The molecule has 0 radical (unpaired) electrons. The van der Waals surface area contributed by atoms with E-state index in [0.29, 0.717) is 13.2 Å². The van der Waals surface area contributed by atoms with Crippen molar-refractivity contribution in [1.29, 1.82) is 0 Å². The van der Waals surface area contributed by atoms with Gasteiger partial charge in [0.25, 0.3) is 5.91 Å². The van der Waals surface area contributed by atoms with Gasteiger partial charge in [-0.1, -0.05) is 19.1 Å². The second-order valence-electron chi connectivity index (χ2n) is 5.54. The molecule has 6 nitrogen and oxygen atoms in total. The summed E-state index contributed by atoms with van der Waals surface area (Å²) in [5.41, 5.74) is 1.87. The monoisotopic (exact) mass is 446 g/mol.